The number of hydrogen-bond donors (Lipinski definition) is 0. The summed E-state index contributed by atoms with van der Waals surface area (Å²) in [6.07, 6.45) is 11.0. The molecule has 4 heterocycles. The molecule has 0 aromatic carbocycles. The van der Waals surface area contributed by atoms with Crippen molar-refractivity contribution in [3.63, 3.8) is 0 Å². The van der Waals surface area contributed by atoms with Crippen molar-refractivity contribution in [2.45, 2.75) is 0 Å². The smallest absolute Gasteiger partial charge is 0.111 e. The second-order valence-electron chi connectivity index (χ2n) is 4.53. The molecule has 0 atom stereocenters. The Morgan fingerprint density at radius 1 is 1.10 bits per heavy atom. The molecular weight excluding hydrogens is 379 g/mol. The van der Waals surface area contributed by atoms with Crippen LogP contribution in [0.4, 0.5) is 0 Å². The van der Waals surface area contributed by atoms with Gasteiger partial charge in [0.1, 0.15) is 5.52 Å². The molecule has 0 aliphatic rings. The summed E-state index contributed by atoms with van der Waals surface area (Å²) in [6.45, 7) is 0. The highest BCUT2D eigenvalue weighted by molar-refractivity contribution is 14.1. The third kappa shape index (κ3) is 2.29. The molecule has 0 unspecified atom stereocenters. The van der Waals surface area contributed by atoms with E-state index in [1.54, 1.807) is 27.7 Å². The first-order valence-electron chi connectivity index (χ1n) is 6.27. The second kappa shape index (κ2) is 4.92. The third-order valence-electron chi connectivity index (χ3n) is 3.15. The molecule has 0 fully saturated rings. The maximum absolute atomic E-state index is 4.51. The van der Waals surface area contributed by atoms with E-state index in [0.717, 1.165) is 27.8 Å². The first kappa shape index (κ1) is 12.5. The van der Waals surface area contributed by atoms with Crippen LogP contribution in [0.3, 0.4) is 0 Å². The van der Waals surface area contributed by atoms with Gasteiger partial charge in [-0.2, -0.15) is 10.2 Å². The summed E-state index contributed by atoms with van der Waals surface area (Å²) < 4.78 is 3.54. The van der Waals surface area contributed by atoms with Crippen LogP contribution in [0.2, 0.25) is 0 Å². The Morgan fingerprint density at radius 3 is 2.81 bits per heavy atom. The van der Waals surface area contributed by atoms with Gasteiger partial charge in [0.15, 0.2) is 0 Å². The fourth-order valence-electron chi connectivity index (χ4n) is 2.14. The van der Waals surface area contributed by atoms with Gasteiger partial charge in [0.2, 0.25) is 0 Å². The summed E-state index contributed by atoms with van der Waals surface area (Å²) in [6, 6.07) is 5.87. The predicted molar refractivity (Wildman–Crippen MR) is 87.3 cm³/mol. The molecule has 4 rings (SSSR count). The quantitative estimate of drug-likeness (QED) is 0.496. The van der Waals surface area contributed by atoms with Crippen LogP contribution in [0.25, 0.3) is 27.8 Å². The number of fused-ring (bicyclic) bond motifs is 1. The Bertz CT molecular complexity index is 912. The Hall–Kier alpha value is -2.29. The molecule has 0 saturated carbocycles. The highest BCUT2D eigenvalue weighted by atomic mass is 127. The van der Waals surface area contributed by atoms with Crippen molar-refractivity contribution in [2.24, 2.45) is 0 Å². The van der Waals surface area contributed by atoms with Gasteiger partial charge in [-0.05, 0) is 18.2 Å². The van der Waals surface area contributed by atoms with Crippen molar-refractivity contribution in [1.29, 1.82) is 0 Å². The summed E-state index contributed by atoms with van der Waals surface area (Å²) >= 11 is 2.11. The fraction of sp³-hybridized carbons (Fsp3) is 0. The van der Waals surface area contributed by atoms with E-state index in [2.05, 4.69) is 43.0 Å². The number of pyridine rings is 2. The van der Waals surface area contributed by atoms with E-state index in [0.29, 0.717) is 0 Å². The summed E-state index contributed by atoms with van der Waals surface area (Å²) in [5, 5.41) is 9.71. The molecule has 21 heavy (non-hydrogen) atoms. The van der Waals surface area contributed by atoms with E-state index in [-0.39, 0.29) is 0 Å². The molecule has 102 valence electrons. The Labute approximate surface area is 133 Å². The SMILES string of the molecule is In1cc(-c2cc3cn(-c4cccnc4)nc3cn2)cn1. The lowest BCUT2D eigenvalue weighted by atomic mass is 10.2. The predicted octanol–water partition coefficient (Wildman–Crippen LogP) is 2.88. The topological polar surface area (TPSA) is 61.4 Å². The molecular formula is C14H9IN6. The van der Waals surface area contributed by atoms with Gasteiger partial charge in [-0.3, -0.25) is 9.97 Å². The lowest BCUT2D eigenvalue weighted by Crippen LogP contribution is -1.93. The van der Waals surface area contributed by atoms with Crippen molar-refractivity contribution in [1.82, 2.24) is 27.7 Å². The maximum atomic E-state index is 4.51. The first-order chi connectivity index (χ1) is 10.3. The number of halogens is 1. The molecule has 0 radical (unpaired) electrons. The number of nitrogens with zero attached hydrogens (tertiary/aromatic N) is 6. The summed E-state index contributed by atoms with van der Waals surface area (Å²) in [5.74, 6) is 0. The van der Waals surface area contributed by atoms with Crippen molar-refractivity contribution >= 4 is 33.8 Å². The fourth-order valence-corrected chi connectivity index (χ4v) is 2.56. The van der Waals surface area contributed by atoms with E-state index >= 15 is 0 Å². The molecule has 4 aromatic rings. The van der Waals surface area contributed by atoms with E-state index in [1.807, 2.05) is 35.3 Å². The van der Waals surface area contributed by atoms with Crippen LogP contribution < -0.4 is 0 Å². The van der Waals surface area contributed by atoms with Gasteiger partial charge in [0.05, 0.1) is 52.8 Å². The zero-order valence-corrected chi connectivity index (χ0v) is 12.9. The minimum absolute atomic E-state index is 0.851. The molecule has 0 aliphatic carbocycles. The van der Waals surface area contributed by atoms with Gasteiger partial charge in [-0.1, -0.05) is 0 Å². The van der Waals surface area contributed by atoms with Gasteiger partial charge < -0.3 is 0 Å². The van der Waals surface area contributed by atoms with Crippen molar-refractivity contribution in [3.8, 4) is 16.9 Å². The Morgan fingerprint density at radius 2 is 2.05 bits per heavy atom. The van der Waals surface area contributed by atoms with Crippen LogP contribution >= 0.6 is 22.9 Å². The van der Waals surface area contributed by atoms with E-state index in [1.165, 1.54) is 0 Å². The van der Waals surface area contributed by atoms with E-state index in [9.17, 15) is 0 Å². The van der Waals surface area contributed by atoms with Crippen molar-refractivity contribution in [2.75, 3.05) is 0 Å². The normalized spacial score (nSPS) is 11.1. The van der Waals surface area contributed by atoms with Crippen molar-refractivity contribution in [3.05, 3.63) is 55.4 Å². The second-order valence-corrected chi connectivity index (χ2v) is 5.52. The molecule has 0 aliphatic heterocycles. The molecule has 0 N–H and O–H groups in total. The average Bonchev–Trinajstić information content (AvgIpc) is 3.13. The van der Waals surface area contributed by atoms with Gasteiger partial charge in [-0.15, -0.1) is 0 Å². The Balaban J connectivity index is 1.82. The number of hydrogen-bond acceptors (Lipinski definition) is 4. The highest BCUT2D eigenvalue weighted by Crippen LogP contribution is 2.22. The van der Waals surface area contributed by atoms with Gasteiger partial charge in [0.25, 0.3) is 0 Å². The largest absolute Gasteiger partial charge is 0.262 e. The number of aromatic nitrogens is 6. The zero-order chi connectivity index (χ0) is 14.2. The zero-order valence-electron chi connectivity index (χ0n) is 10.8. The van der Waals surface area contributed by atoms with Crippen LogP contribution in [0.1, 0.15) is 0 Å². The number of rotatable bonds is 2. The lowest BCUT2D eigenvalue weighted by molar-refractivity contribution is 0.888. The molecule has 7 heteroatoms. The molecule has 0 amide bonds. The average molecular weight is 388 g/mol. The monoisotopic (exact) mass is 388 g/mol. The molecule has 4 aromatic heterocycles. The van der Waals surface area contributed by atoms with Crippen LogP contribution in [0.5, 0.6) is 0 Å². The van der Waals surface area contributed by atoms with Crippen LogP contribution in [0, 0.1) is 0 Å². The van der Waals surface area contributed by atoms with Gasteiger partial charge in [0, 0.05) is 29.5 Å². The van der Waals surface area contributed by atoms with Crippen LogP contribution in [0.15, 0.2) is 55.4 Å². The highest BCUT2D eigenvalue weighted by Gasteiger charge is 2.07. The third-order valence-corrected chi connectivity index (χ3v) is 3.68. The molecule has 0 spiro atoms. The minimum atomic E-state index is 0.851. The summed E-state index contributed by atoms with van der Waals surface area (Å²) in [7, 11) is 0. The molecule has 0 bridgehead atoms. The summed E-state index contributed by atoms with van der Waals surface area (Å²) in [4.78, 5) is 8.56. The van der Waals surface area contributed by atoms with Crippen LogP contribution in [-0.2, 0) is 0 Å². The van der Waals surface area contributed by atoms with E-state index in [4.69, 9.17) is 0 Å². The van der Waals surface area contributed by atoms with Crippen LogP contribution in [-0.4, -0.2) is 27.7 Å². The standard InChI is InChI=1S/C14H9IN6/c15-21-9-11(5-18-21)13-4-10-8-20(19-14(10)7-17-13)12-2-1-3-16-6-12/h1-9H. The Kier molecular flexibility index (Phi) is 2.92. The first-order valence-corrected chi connectivity index (χ1v) is 7.23. The van der Waals surface area contributed by atoms with Gasteiger partial charge in [-0.25, -0.2) is 7.58 Å². The lowest BCUT2D eigenvalue weighted by Gasteiger charge is -1.97. The van der Waals surface area contributed by atoms with Crippen molar-refractivity contribution < 1.29 is 0 Å². The summed E-state index contributed by atoms with van der Waals surface area (Å²) in [5.41, 5.74) is 3.65. The molecule has 0 saturated heterocycles. The van der Waals surface area contributed by atoms with E-state index < -0.39 is 0 Å². The minimum Gasteiger partial charge on any atom is -0.262 e. The molecule has 6 nitrogen and oxygen atoms in total. The van der Waals surface area contributed by atoms with Gasteiger partial charge >= 0.3 is 0 Å². The maximum Gasteiger partial charge on any atom is 0.111 e.